The van der Waals surface area contributed by atoms with Crippen LogP contribution in [0.1, 0.15) is 70.3 Å². The molecule has 1 N–H and O–H groups in total. The molecule has 0 aromatic heterocycles. The molecular formula is C18H27N3O3. The fourth-order valence-electron chi connectivity index (χ4n) is 2.34. The van der Waals surface area contributed by atoms with Gasteiger partial charge in [0, 0.05) is 18.6 Å². The maximum Gasteiger partial charge on any atom is 0.269 e. The Kier molecular flexibility index (Phi) is 10.1. The van der Waals surface area contributed by atoms with Gasteiger partial charge in [0.25, 0.3) is 5.69 Å². The van der Waals surface area contributed by atoms with Crippen LogP contribution in [0, 0.1) is 10.1 Å². The van der Waals surface area contributed by atoms with E-state index < -0.39 is 4.92 Å². The summed E-state index contributed by atoms with van der Waals surface area (Å²) < 4.78 is 0. The molecule has 1 amide bonds. The molecule has 6 nitrogen and oxygen atoms in total. The number of non-ortho nitro benzene ring substituents is 1. The summed E-state index contributed by atoms with van der Waals surface area (Å²) in [6.45, 7) is 2.21. The predicted molar refractivity (Wildman–Crippen MR) is 96.1 cm³/mol. The summed E-state index contributed by atoms with van der Waals surface area (Å²) in [5.41, 5.74) is 3.22. The summed E-state index contributed by atoms with van der Waals surface area (Å²) in [6.07, 6.45) is 11.5. The SMILES string of the molecule is CCCCCCCCCCC(=O)N/N=C/c1ccc([N+](=O)[O-])cc1. The van der Waals surface area contributed by atoms with Crippen LogP contribution in [0.25, 0.3) is 0 Å². The van der Waals surface area contributed by atoms with E-state index in [4.69, 9.17) is 0 Å². The normalized spacial score (nSPS) is 10.9. The molecule has 132 valence electrons. The van der Waals surface area contributed by atoms with E-state index >= 15 is 0 Å². The van der Waals surface area contributed by atoms with Crippen molar-refractivity contribution in [3.8, 4) is 0 Å². The zero-order chi connectivity index (χ0) is 17.6. The molecule has 0 aliphatic heterocycles. The van der Waals surface area contributed by atoms with Gasteiger partial charge in [0.05, 0.1) is 11.1 Å². The van der Waals surface area contributed by atoms with Crippen LogP contribution >= 0.6 is 0 Å². The number of nitrogens with zero attached hydrogens (tertiary/aromatic N) is 2. The van der Waals surface area contributed by atoms with Crippen molar-refractivity contribution in [3.63, 3.8) is 0 Å². The first-order chi connectivity index (χ1) is 11.6. The van der Waals surface area contributed by atoms with Gasteiger partial charge in [-0.15, -0.1) is 0 Å². The Hall–Kier alpha value is -2.24. The van der Waals surface area contributed by atoms with Gasteiger partial charge in [-0.1, -0.05) is 51.9 Å². The Bertz CT molecular complexity index is 527. The lowest BCUT2D eigenvalue weighted by atomic mass is 10.1. The van der Waals surface area contributed by atoms with Gasteiger partial charge in [0.15, 0.2) is 0 Å². The number of nitro benzene ring substituents is 1. The van der Waals surface area contributed by atoms with Gasteiger partial charge in [-0.05, 0) is 24.1 Å². The number of amides is 1. The van der Waals surface area contributed by atoms with Crippen molar-refractivity contribution in [2.24, 2.45) is 5.10 Å². The minimum Gasteiger partial charge on any atom is -0.273 e. The molecule has 0 heterocycles. The molecule has 0 saturated carbocycles. The summed E-state index contributed by atoms with van der Waals surface area (Å²) in [7, 11) is 0. The van der Waals surface area contributed by atoms with Crippen LogP contribution in [0.2, 0.25) is 0 Å². The molecule has 0 fully saturated rings. The summed E-state index contributed by atoms with van der Waals surface area (Å²) in [5, 5.41) is 14.4. The van der Waals surface area contributed by atoms with Crippen molar-refractivity contribution in [1.82, 2.24) is 5.43 Å². The molecule has 6 heteroatoms. The number of carbonyl (C=O) groups is 1. The van der Waals surface area contributed by atoms with Crippen molar-refractivity contribution in [2.45, 2.75) is 64.7 Å². The highest BCUT2D eigenvalue weighted by molar-refractivity contribution is 5.82. The second-order valence-corrected chi connectivity index (χ2v) is 5.87. The number of rotatable bonds is 12. The summed E-state index contributed by atoms with van der Waals surface area (Å²) >= 11 is 0. The average Bonchev–Trinajstić information content (AvgIpc) is 2.57. The molecule has 0 radical (unpaired) electrons. The lowest BCUT2D eigenvalue weighted by molar-refractivity contribution is -0.384. The van der Waals surface area contributed by atoms with Crippen molar-refractivity contribution in [3.05, 3.63) is 39.9 Å². The quantitative estimate of drug-likeness (QED) is 0.263. The first-order valence-corrected chi connectivity index (χ1v) is 8.70. The molecule has 0 atom stereocenters. The van der Waals surface area contributed by atoms with E-state index in [9.17, 15) is 14.9 Å². The predicted octanol–water partition coefficient (Wildman–Crippen LogP) is 4.58. The number of unbranched alkanes of at least 4 members (excludes halogenated alkanes) is 7. The molecule has 1 rings (SSSR count). The Morgan fingerprint density at radius 2 is 1.67 bits per heavy atom. The monoisotopic (exact) mass is 333 g/mol. The van der Waals surface area contributed by atoms with Crippen molar-refractivity contribution >= 4 is 17.8 Å². The third-order valence-corrected chi connectivity index (χ3v) is 3.76. The first-order valence-electron chi connectivity index (χ1n) is 8.70. The molecular weight excluding hydrogens is 306 g/mol. The summed E-state index contributed by atoms with van der Waals surface area (Å²) in [6, 6.07) is 5.99. The van der Waals surface area contributed by atoms with Gasteiger partial charge in [0.2, 0.25) is 5.91 Å². The Morgan fingerprint density at radius 3 is 2.25 bits per heavy atom. The standard InChI is InChI=1S/C18H27N3O3/c1-2-3-4-5-6-7-8-9-10-18(22)20-19-15-16-11-13-17(14-12-16)21(23)24/h11-15H,2-10H2,1H3,(H,20,22)/b19-15+. The van der Waals surface area contributed by atoms with Crippen LogP contribution in [0.4, 0.5) is 5.69 Å². The summed E-state index contributed by atoms with van der Waals surface area (Å²) in [5.74, 6) is -0.0980. The maximum absolute atomic E-state index is 11.6. The maximum atomic E-state index is 11.6. The Labute approximate surface area is 143 Å². The van der Waals surface area contributed by atoms with Crippen LogP contribution in [-0.2, 0) is 4.79 Å². The van der Waals surface area contributed by atoms with Crippen LogP contribution in [0.3, 0.4) is 0 Å². The molecule has 1 aromatic rings. The third kappa shape index (κ3) is 9.02. The van der Waals surface area contributed by atoms with Crippen LogP contribution in [0.15, 0.2) is 29.4 Å². The molecule has 0 bridgehead atoms. The van der Waals surface area contributed by atoms with Gasteiger partial charge in [-0.25, -0.2) is 5.43 Å². The minimum absolute atomic E-state index is 0.0332. The highest BCUT2D eigenvalue weighted by Gasteiger charge is 2.03. The van der Waals surface area contributed by atoms with Gasteiger partial charge in [-0.2, -0.15) is 5.10 Å². The number of nitro groups is 1. The van der Waals surface area contributed by atoms with Crippen LogP contribution in [0.5, 0.6) is 0 Å². The lowest BCUT2D eigenvalue weighted by Crippen LogP contribution is -2.16. The molecule has 0 unspecified atom stereocenters. The smallest absolute Gasteiger partial charge is 0.269 e. The van der Waals surface area contributed by atoms with E-state index in [2.05, 4.69) is 17.5 Å². The van der Waals surface area contributed by atoms with Gasteiger partial charge in [-0.3, -0.25) is 14.9 Å². The number of carbonyl (C=O) groups excluding carboxylic acids is 1. The minimum atomic E-state index is -0.452. The van der Waals surface area contributed by atoms with Crippen molar-refractivity contribution < 1.29 is 9.72 Å². The largest absolute Gasteiger partial charge is 0.273 e. The number of hydrogen-bond acceptors (Lipinski definition) is 4. The third-order valence-electron chi connectivity index (χ3n) is 3.76. The van der Waals surface area contributed by atoms with E-state index in [-0.39, 0.29) is 11.6 Å². The first kappa shape index (κ1) is 19.8. The van der Waals surface area contributed by atoms with E-state index in [1.807, 2.05) is 0 Å². The molecule has 1 aromatic carbocycles. The fourth-order valence-corrected chi connectivity index (χ4v) is 2.34. The molecule has 0 aliphatic carbocycles. The topological polar surface area (TPSA) is 84.6 Å². The average molecular weight is 333 g/mol. The Balaban J connectivity index is 2.11. The second-order valence-electron chi connectivity index (χ2n) is 5.87. The zero-order valence-electron chi connectivity index (χ0n) is 14.4. The molecule has 0 spiro atoms. The highest BCUT2D eigenvalue weighted by atomic mass is 16.6. The number of nitrogens with one attached hydrogen (secondary N) is 1. The Morgan fingerprint density at radius 1 is 1.08 bits per heavy atom. The van der Waals surface area contributed by atoms with E-state index in [1.165, 1.54) is 56.9 Å². The fraction of sp³-hybridized carbons (Fsp3) is 0.556. The number of hydrogen-bond donors (Lipinski definition) is 1. The van der Waals surface area contributed by atoms with Gasteiger partial charge < -0.3 is 0 Å². The van der Waals surface area contributed by atoms with E-state index in [1.54, 1.807) is 12.1 Å². The second kappa shape index (κ2) is 12.2. The summed E-state index contributed by atoms with van der Waals surface area (Å²) in [4.78, 5) is 21.7. The van der Waals surface area contributed by atoms with Gasteiger partial charge in [0.1, 0.15) is 0 Å². The number of hydrazone groups is 1. The van der Waals surface area contributed by atoms with Crippen LogP contribution in [-0.4, -0.2) is 17.0 Å². The molecule has 0 aliphatic rings. The zero-order valence-corrected chi connectivity index (χ0v) is 14.4. The van der Waals surface area contributed by atoms with Crippen LogP contribution < -0.4 is 5.43 Å². The molecule has 24 heavy (non-hydrogen) atoms. The van der Waals surface area contributed by atoms with Crippen molar-refractivity contribution in [2.75, 3.05) is 0 Å². The lowest BCUT2D eigenvalue weighted by Gasteiger charge is -2.01. The van der Waals surface area contributed by atoms with Gasteiger partial charge >= 0.3 is 0 Å². The van der Waals surface area contributed by atoms with E-state index in [0.29, 0.717) is 12.0 Å². The van der Waals surface area contributed by atoms with E-state index in [0.717, 1.165) is 12.8 Å². The van der Waals surface area contributed by atoms with Crippen molar-refractivity contribution in [1.29, 1.82) is 0 Å². The molecule has 0 saturated heterocycles. The number of benzene rings is 1. The highest BCUT2D eigenvalue weighted by Crippen LogP contribution is 2.11.